The lowest BCUT2D eigenvalue weighted by Gasteiger charge is -2.26. The Balaban J connectivity index is 1.62. The summed E-state index contributed by atoms with van der Waals surface area (Å²) in [6.45, 7) is -0.931. The predicted octanol–water partition coefficient (Wildman–Crippen LogP) is 1.89. The van der Waals surface area contributed by atoms with Gasteiger partial charge in [0.05, 0.1) is 41.9 Å². The van der Waals surface area contributed by atoms with Crippen LogP contribution in [0.1, 0.15) is 25.7 Å². The Kier molecular flexibility index (Phi) is 8.38. The highest BCUT2D eigenvalue weighted by molar-refractivity contribution is 6.32. The molecular formula is C26H29ClN4O7. The Hall–Kier alpha value is -3.83. The second kappa shape index (κ2) is 11.7. The molecule has 1 aliphatic carbocycles. The van der Waals surface area contributed by atoms with Crippen molar-refractivity contribution in [3.8, 4) is 11.5 Å². The van der Waals surface area contributed by atoms with Crippen LogP contribution < -0.4 is 31.4 Å². The SMILES string of the molecule is COc1cc(OC)c(NC(=O)Cn2c(=O)n(CC(=O)NC3CCC(O)CC3)c(=O)c3ccccc32)cc1Cl. The molecule has 0 bridgehead atoms. The molecule has 0 unspecified atom stereocenters. The van der Waals surface area contributed by atoms with E-state index in [4.69, 9.17) is 21.1 Å². The fraction of sp³-hybridized carbons (Fsp3) is 0.385. The molecular weight excluding hydrogens is 516 g/mol. The van der Waals surface area contributed by atoms with Gasteiger partial charge in [-0.05, 0) is 43.9 Å². The summed E-state index contributed by atoms with van der Waals surface area (Å²) in [7, 11) is 2.87. The van der Waals surface area contributed by atoms with Gasteiger partial charge in [0.2, 0.25) is 11.8 Å². The van der Waals surface area contributed by atoms with Gasteiger partial charge >= 0.3 is 5.69 Å². The quantitative estimate of drug-likeness (QED) is 0.393. The van der Waals surface area contributed by atoms with Crippen molar-refractivity contribution < 1.29 is 24.2 Å². The fourth-order valence-corrected chi connectivity index (χ4v) is 4.83. The zero-order valence-corrected chi connectivity index (χ0v) is 21.8. The molecule has 202 valence electrons. The van der Waals surface area contributed by atoms with E-state index in [9.17, 15) is 24.3 Å². The summed E-state index contributed by atoms with van der Waals surface area (Å²) in [5.41, 5.74) is -0.890. The molecule has 11 nitrogen and oxygen atoms in total. The van der Waals surface area contributed by atoms with E-state index in [1.54, 1.807) is 18.2 Å². The van der Waals surface area contributed by atoms with Crippen molar-refractivity contribution >= 4 is 40.0 Å². The van der Waals surface area contributed by atoms with Gasteiger partial charge in [0.1, 0.15) is 24.6 Å². The number of nitrogens with one attached hydrogen (secondary N) is 2. The number of amides is 2. The van der Waals surface area contributed by atoms with Crippen LogP contribution in [0.25, 0.3) is 10.9 Å². The number of aliphatic hydroxyl groups excluding tert-OH is 1. The number of ether oxygens (including phenoxy) is 2. The van der Waals surface area contributed by atoms with Crippen molar-refractivity contribution in [3.05, 3.63) is 62.3 Å². The van der Waals surface area contributed by atoms with E-state index in [1.165, 1.54) is 32.4 Å². The number of para-hydroxylation sites is 1. The average molecular weight is 545 g/mol. The van der Waals surface area contributed by atoms with E-state index in [0.717, 1.165) is 9.13 Å². The van der Waals surface area contributed by atoms with Gasteiger partial charge in [0.15, 0.2) is 0 Å². The second-order valence-electron chi connectivity index (χ2n) is 9.09. The second-order valence-corrected chi connectivity index (χ2v) is 9.49. The third-order valence-electron chi connectivity index (χ3n) is 6.55. The van der Waals surface area contributed by atoms with Crippen molar-refractivity contribution in [2.75, 3.05) is 19.5 Å². The number of carbonyl (C=O) groups excluding carboxylic acids is 2. The molecule has 0 radical (unpaired) electrons. The number of nitrogens with zero attached hydrogens (tertiary/aromatic N) is 2. The lowest BCUT2D eigenvalue weighted by atomic mass is 9.93. The predicted molar refractivity (Wildman–Crippen MR) is 142 cm³/mol. The number of aromatic nitrogens is 2. The van der Waals surface area contributed by atoms with Crippen molar-refractivity contribution in [2.45, 2.75) is 50.9 Å². The molecule has 3 N–H and O–H groups in total. The Morgan fingerprint density at radius 2 is 1.63 bits per heavy atom. The van der Waals surface area contributed by atoms with Gasteiger partial charge in [0, 0.05) is 12.1 Å². The van der Waals surface area contributed by atoms with Crippen LogP contribution in [0.3, 0.4) is 0 Å². The lowest BCUT2D eigenvalue weighted by molar-refractivity contribution is -0.122. The van der Waals surface area contributed by atoms with Gasteiger partial charge in [-0.25, -0.2) is 4.79 Å². The lowest BCUT2D eigenvalue weighted by Crippen LogP contribution is -2.47. The zero-order valence-electron chi connectivity index (χ0n) is 21.0. The first kappa shape index (κ1) is 27.2. The molecule has 12 heteroatoms. The van der Waals surface area contributed by atoms with E-state index in [1.807, 2.05) is 0 Å². The molecule has 2 amide bonds. The van der Waals surface area contributed by atoms with Gasteiger partial charge in [-0.1, -0.05) is 23.7 Å². The normalized spacial score (nSPS) is 17.2. The number of aliphatic hydroxyl groups is 1. The summed E-state index contributed by atoms with van der Waals surface area (Å²) in [5, 5.41) is 15.6. The van der Waals surface area contributed by atoms with Crippen molar-refractivity contribution in [2.24, 2.45) is 0 Å². The monoisotopic (exact) mass is 544 g/mol. The van der Waals surface area contributed by atoms with Crippen LogP contribution in [0.4, 0.5) is 5.69 Å². The largest absolute Gasteiger partial charge is 0.495 e. The summed E-state index contributed by atoms with van der Waals surface area (Å²) >= 11 is 6.19. The van der Waals surface area contributed by atoms with Gasteiger partial charge < -0.3 is 25.2 Å². The Labute approximate surface area is 222 Å². The Morgan fingerprint density at radius 3 is 2.32 bits per heavy atom. The summed E-state index contributed by atoms with van der Waals surface area (Å²) in [6.07, 6.45) is 2.00. The molecule has 0 atom stereocenters. The minimum Gasteiger partial charge on any atom is -0.495 e. The summed E-state index contributed by atoms with van der Waals surface area (Å²) in [4.78, 5) is 52.3. The topological polar surface area (TPSA) is 141 Å². The highest BCUT2D eigenvalue weighted by Gasteiger charge is 2.23. The van der Waals surface area contributed by atoms with E-state index >= 15 is 0 Å². The molecule has 1 aromatic heterocycles. The molecule has 3 aromatic rings. The van der Waals surface area contributed by atoms with Gasteiger partial charge in [-0.3, -0.25) is 23.5 Å². The number of anilines is 1. The summed E-state index contributed by atoms with van der Waals surface area (Å²) < 4.78 is 12.5. The Bertz CT molecular complexity index is 1470. The summed E-state index contributed by atoms with van der Waals surface area (Å²) in [5.74, 6) is -0.408. The molecule has 1 saturated carbocycles. The number of fused-ring (bicyclic) bond motifs is 1. The van der Waals surface area contributed by atoms with Crippen molar-refractivity contribution in [3.63, 3.8) is 0 Å². The van der Waals surface area contributed by atoms with E-state index in [0.29, 0.717) is 37.2 Å². The van der Waals surface area contributed by atoms with Crippen LogP contribution >= 0.6 is 11.6 Å². The smallest absolute Gasteiger partial charge is 0.332 e. The average Bonchev–Trinajstić information content (AvgIpc) is 2.90. The molecule has 1 aliphatic rings. The van der Waals surface area contributed by atoms with E-state index < -0.39 is 36.2 Å². The fourth-order valence-electron chi connectivity index (χ4n) is 4.59. The minimum absolute atomic E-state index is 0.138. The third kappa shape index (κ3) is 5.84. The highest BCUT2D eigenvalue weighted by Crippen LogP contribution is 2.35. The molecule has 4 rings (SSSR count). The molecule has 0 aliphatic heterocycles. The van der Waals surface area contributed by atoms with E-state index in [-0.39, 0.29) is 33.8 Å². The number of rotatable bonds is 8. The number of hydrogen-bond donors (Lipinski definition) is 3. The maximum Gasteiger partial charge on any atom is 0.332 e. The number of carbonyl (C=O) groups is 2. The van der Waals surface area contributed by atoms with Gasteiger partial charge in [-0.2, -0.15) is 0 Å². The van der Waals surface area contributed by atoms with Crippen LogP contribution in [-0.4, -0.2) is 52.4 Å². The number of benzene rings is 2. The summed E-state index contributed by atoms with van der Waals surface area (Å²) in [6, 6.07) is 9.24. The number of methoxy groups -OCH3 is 2. The molecule has 1 heterocycles. The number of halogens is 1. The van der Waals surface area contributed by atoms with Crippen LogP contribution in [0.15, 0.2) is 46.0 Å². The molecule has 0 saturated heterocycles. The molecule has 1 fully saturated rings. The Morgan fingerprint density at radius 1 is 0.974 bits per heavy atom. The zero-order chi connectivity index (χ0) is 27.4. The molecule has 38 heavy (non-hydrogen) atoms. The minimum atomic E-state index is -0.794. The van der Waals surface area contributed by atoms with Crippen LogP contribution in [-0.2, 0) is 22.7 Å². The highest BCUT2D eigenvalue weighted by atomic mass is 35.5. The third-order valence-corrected chi connectivity index (χ3v) is 6.84. The van der Waals surface area contributed by atoms with Gasteiger partial charge in [-0.15, -0.1) is 0 Å². The standard InChI is InChI=1S/C26H29ClN4O7/c1-37-21-12-22(38-2)19(11-18(21)27)29-24(34)13-30-20-6-4-3-5-17(20)25(35)31(26(30)36)14-23(33)28-15-7-9-16(32)10-8-15/h3-6,11-12,15-16,32H,7-10,13-14H2,1-2H3,(H,28,33)(H,29,34). The van der Waals surface area contributed by atoms with Crippen molar-refractivity contribution in [1.82, 2.24) is 14.5 Å². The van der Waals surface area contributed by atoms with Crippen LogP contribution in [0.5, 0.6) is 11.5 Å². The van der Waals surface area contributed by atoms with Crippen LogP contribution in [0.2, 0.25) is 5.02 Å². The first-order valence-corrected chi connectivity index (χ1v) is 12.5. The first-order chi connectivity index (χ1) is 18.2. The van der Waals surface area contributed by atoms with Crippen molar-refractivity contribution in [1.29, 1.82) is 0 Å². The maximum absolute atomic E-state index is 13.4. The number of hydrogen-bond acceptors (Lipinski definition) is 7. The molecule has 0 spiro atoms. The van der Waals surface area contributed by atoms with E-state index in [2.05, 4.69) is 10.6 Å². The maximum atomic E-state index is 13.4. The van der Waals surface area contributed by atoms with Gasteiger partial charge in [0.25, 0.3) is 5.56 Å². The first-order valence-electron chi connectivity index (χ1n) is 12.1. The van der Waals surface area contributed by atoms with Crippen LogP contribution in [0, 0.1) is 0 Å². The molecule has 2 aromatic carbocycles.